The Morgan fingerprint density at radius 2 is 2.10 bits per heavy atom. The van der Waals surface area contributed by atoms with Crippen LogP contribution in [0, 0.1) is 5.92 Å². The zero-order valence-electron chi connectivity index (χ0n) is 11.1. The van der Waals surface area contributed by atoms with Gasteiger partial charge in [0.15, 0.2) is 0 Å². The fourth-order valence-electron chi connectivity index (χ4n) is 2.46. The number of rotatable bonds is 3. The molecule has 0 heterocycles. The van der Waals surface area contributed by atoms with Crippen LogP contribution >= 0.6 is 15.9 Å². The molecule has 2 rings (SSSR count). The highest BCUT2D eigenvalue weighted by molar-refractivity contribution is 9.10. The molecule has 2 N–H and O–H groups in total. The van der Waals surface area contributed by atoms with Crippen LogP contribution in [0.5, 0.6) is 0 Å². The van der Waals surface area contributed by atoms with Gasteiger partial charge in [0.1, 0.15) is 0 Å². The molecular formula is C14H15BrF3NO2. The molecule has 1 amide bonds. The van der Waals surface area contributed by atoms with Crippen molar-refractivity contribution < 1.29 is 23.1 Å². The van der Waals surface area contributed by atoms with Gasteiger partial charge in [-0.1, -0.05) is 22.4 Å². The molecule has 0 aromatic heterocycles. The average molecular weight is 366 g/mol. The van der Waals surface area contributed by atoms with Crippen molar-refractivity contribution in [2.75, 3.05) is 6.54 Å². The summed E-state index contributed by atoms with van der Waals surface area (Å²) in [5, 5.41) is 12.2. The van der Waals surface area contributed by atoms with E-state index in [9.17, 15) is 23.1 Å². The molecule has 2 unspecified atom stereocenters. The molecule has 2 atom stereocenters. The van der Waals surface area contributed by atoms with Crippen molar-refractivity contribution in [1.82, 2.24) is 5.32 Å². The quantitative estimate of drug-likeness (QED) is 0.862. The summed E-state index contributed by atoms with van der Waals surface area (Å²) in [7, 11) is 0. The first-order valence-electron chi connectivity index (χ1n) is 6.62. The maximum Gasteiger partial charge on any atom is 0.417 e. The van der Waals surface area contributed by atoms with Crippen LogP contribution in [-0.2, 0) is 6.18 Å². The van der Waals surface area contributed by atoms with Gasteiger partial charge in [-0.15, -0.1) is 0 Å². The van der Waals surface area contributed by atoms with Gasteiger partial charge in [-0.3, -0.25) is 4.79 Å². The molecule has 1 aromatic rings. The van der Waals surface area contributed by atoms with Crippen LogP contribution in [0.1, 0.15) is 35.2 Å². The summed E-state index contributed by atoms with van der Waals surface area (Å²) in [5.41, 5.74) is -0.922. The van der Waals surface area contributed by atoms with Crippen LogP contribution in [0.3, 0.4) is 0 Å². The first-order valence-corrected chi connectivity index (χ1v) is 7.41. The summed E-state index contributed by atoms with van der Waals surface area (Å²) in [6.07, 6.45) is -2.54. The molecule has 1 aliphatic carbocycles. The molecule has 0 aliphatic heterocycles. The second-order valence-electron chi connectivity index (χ2n) is 5.16. The number of alkyl halides is 3. The maximum absolute atomic E-state index is 12.8. The lowest BCUT2D eigenvalue weighted by Gasteiger charge is -2.16. The lowest BCUT2D eigenvalue weighted by atomic mass is 10.1. The van der Waals surface area contributed by atoms with E-state index in [-0.39, 0.29) is 22.5 Å². The Kier molecular flexibility index (Phi) is 4.93. The lowest BCUT2D eigenvalue weighted by molar-refractivity contribution is -0.138. The fraction of sp³-hybridized carbons (Fsp3) is 0.500. The third-order valence-electron chi connectivity index (χ3n) is 3.68. The zero-order chi connectivity index (χ0) is 15.6. The van der Waals surface area contributed by atoms with E-state index in [1.54, 1.807) is 0 Å². The van der Waals surface area contributed by atoms with Gasteiger partial charge >= 0.3 is 6.18 Å². The van der Waals surface area contributed by atoms with Crippen LogP contribution in [0.2, 0.25) is 0 Å². The van der Waals surface area contributed by atoms with Crippen LogP contribution < -0.4 is 5.32 Å². The number of carbonyl (C=O) groups is 1. The van der Waals surface area contributed by atoms with Gasteiger partial charge in [0.2, 0.25) is 0 Å². The number of hydrogen-bond acceptors (Lipinski definition) is 2. The molecule has 7 heteroatoms. The highest BCUT2D eigenvalue weighted by Gasteiger charge is 2.33. The Balaban J connectivity index is 2.06. The van der Waals surface area contributed by atoms with Gasteiger partial charge < -0.3 is 10.4 Å². The minimum atomic E-state index is -4.52. The van der Waals surface area contributed by atoms with E-state index in [0.717, 1.165) is 18.9 Å². The van der Waals surface area contributed by atoms with Crippen LogP contribution in [-0.4, -0.2) is 23.7 Å². The highest BCUT2D eigenvalue weighted by atomic mass is 79.9. The number of carbonyl (C=O) groups excluding carboxylic acids is 1. The molecule has 0 saturated heterocycles. The van der Waals surface area contributed by atoms with Gasteiger partial charge in [-0.25, -0.2) is 0 Å². The third-order valence-corrected chi connectivity index (χ3v) is 4.37. The Morgan fingerprint density at radius 1 is 1.38 bits per heavy atom. The molecule has 1 aliphatic rings. The van der Waals surface area contributed by atoms with Crippen LogP contribution in [0.4, 0.5) is 13.2 Å². The number of amides is 1. The third kappa shape index (κ3) is 3.97. The standard InChI is InChI=1S/C14H15BrF3NO2/c15-11-5-4-8(6-10(11)14(16,17)18)13(21)19-7-9-2-1-3-12(9)20/h4-6,9,12,20H,1-3,7H2,(H,19,21). The molecule has 1 saturated carbocycles. The summed E-state index contributed by atoms with van der Waals surface area (Å²) in [4.78, 5) is 11.9. The number of aliphatic hydroxyl groups excluding tert-OH is 1. The van der Waals surface area contributed by atoms with Crippen molar-refractivity contribution in [3.8, 4) is 0 Å². The summed E-state index contributed by atoms with van der Waals surface area (Å²) in [5.74, 6) is -0.585. The van der Waals surface area contributed by atoms with Crippen LogP contribution in [0.25, 0.3) is 0 Å². The van der Waals surface area contributed by atoms with Crippen molar-refractivity contribution in [2.45, 2.75) is 31.5 Å². The summed E-state index contributed by atoms with van der Waals surface area (Å²) < 4.78 is 38.2. The van der Waals surface area contributed by atoms with E-state index in [0.29, 0.717) is 6.42 Å². The smallest absolute Gasteiger partial charge is 0.393 e. The van der Waals surface area contributed by atoms with Crippen molar-refractivity contribution in [3.63, 3.8) is 0 Å². The molecule has 1 fully saturated rings. The highest BCUT2D eigenvalue weighted by Crippen LogP contribution is 2.35. The van der Waals surface area contributed by atoms with Gasteiger partial charge in [0.25, 0.3) is 5.91 Å². The molecule has 0 spiro atoms. The molecule has 3 nitrogen and oxygen atoms in total. The zero-order valence-corrected chi connectivity index (χ0v) is 12.7. The largest absolute Gasteiger partial charge is 0.417 e. The number of halogens is 4. The number of nitrogens with one attached hydrogen (secondary N) is 1. The first-order chi connectivity index (χ1) is 9.79. The van der Waals surface area contributed by atoms with Gasteiger partial charge in [-0.05, 0) is 31.0 Å². The van der Waals surface area contributed by atoms with Crippen molar-refractivity contribution in [3.05, 3.63) is 33.8 Å². The molecule has 21 heavy (non-hydrogen) atoms. The number of benzene rings is 1. The fourth-order valence-corrected chi connectivity index (χ4v) is 2.94. The van der Waals surface area contributed by atoms with E-state index in [2.05, 4.69) is 21.2 Å². The van der Waals surface area contributed by atoms with Crippen molar-refractivity contribution in [1.29, 1.82) is 0 Å². The lowest BCUT2D eigenvalue weighted by Crippen LogP contribution is -2.32. The van der Waals surface area contributed by atoms with E-state index < -0.39 is 23.8 Å². The SMILES string of the molecule is O=C(NCC1CCCC1O)c1ccc(Br)c(C(F)(F)F)c1. The Bertz CT molecular complexity index is 533. The average Bonchev–Trinajstić information content (AvgIpc) is 2.80. The molecular weight excluding hydrogens is 351 g/mol. The Hall–Kier alpha value is -1.08. The number of aliphatic hydroxyl groups is 1. The van der Waals surface area contributed by atoms with Gasteiger partial charge in [0.05, 0.1) is 11.7 Å². The second kappa shape index (κ2) is 6.36. The molecule has 0 bridgehead atoms. The molecule has 116 valence electrons. The summed E-state index contributed by atoms with van der Waals surface area (Å²) in [6.45, 7) is 0.275. The Labute approximate surface area is 128 Å². The second-order valence-corrected chi connectivity index (χ2v) is 6.02. The number of hydrogen-bond donors (Lipinski definition) is 2. The van der Waals surface area contributed by atoms with E-state index in [4.69, 9.17) is 0 Å². The molecule has 0 radical (unpaired) electrons. The normalized spacial score (nSPS) is 22.3. The first kappa shape index (κ1) is 16.3. The van der Waals surface area contributed by atoms with Gasteiger partial charge in [0, 0.05) is 22.5 Å². The van der Waals surface area contributed by atoms with E-state index >= 15 is 0 Å². The minimum Gasteiger partial charge on any atom is -0.393 e. The summed E-state index contributed by atoms with van der Waals surface area (Å²) in [6, 6.07) is 3.37. The Morgan fingerprint density at radius 3 is 2.67 bits per heavy atom. The van der Waals surface area contributed by atoms with E-state index in [1.165, 1.54) is 12.1 Å². The monoisotopic (exact) mass is 365 g/mol. The topological polar surface area (TPSA) is 49.3 Å². The predicted octanol–water partition coefficient (Wildman–Crippen LogP) is 3.36. The predicted molar refractivity (Wildman–Crippen MR) is 74.8 cm³/mol. The minimum absolute atomic E-state index is 0.0218. The van der Waals surface area contributed by atoms with Crippen molar-refractivity contribution >= 4 is 21.8 Å². The van der Waals surface area contributed by atoms with Crippen molar-refractivity contribution in [2.24, 2.45) is 5.92 Å². The van der Waals surface area contributed by atoms with Crippen LogP contribution in [0.15, 0.2) is 22.7 Å². The van der Waals surface area contributed by atoms with E-state index in [1.807, 2.05) is 0 Å². The summed E-state index contributed by atoms with van der Waals surface area (Å²) >= 11 is 2.83. The molecule has 1 aromatic carbocycles. The van der Waals surface area contributed by atoms with Gasteiger partial charge in [-0.2, -0.15) is 13.2 Å². The maximum atomic E-state index is 12.8.